The van der Waals surface area contributed by atoms with Crippen LogP contribution in [0.3, 0.4) is 0 Å². The lowest BCUT2D eigenvalue weighted by molar-refractivity contribution is -0.116. The Morgan fingerprint density at radius 1 is 1.20 bits per heavy atom. The molecule has 126 valence electrons. The molecule has 5 heteroatoms. The zero-order valence-electron chi connectivity index (χ0n) is 13.6. The lowest BCUT2D eigenvalue weighted by Crippen LogP contribution is -2.22. The highest BCUT2D eigenvalue weighted by Crippen LogP contribution is 2.46. The lowest BCUT2D eigenvalue weighted by atomic mass is 9.89. The van der Waals surface area contributed by atoms with Crippen LogP contribution in [-0.2, 0) is 4.79 Å². The molecule has 1 atom stereocenters. The summed E-state index contributed by atoms with van der Waals surface area (Å²) >= 11 is 3.33. The summed E-state index contributed by atoms with van der Waals surface area (Å²) in [5.41, 5.74) is 3.64. The number of hydrogen-bond donors (Lipinski definition) is 1. The number of nitrogens with one attached hydrogen (secondary N) is 1. The van der Waals surface area contributed by atoms with Gasteiger partial charge in [0.25, 0.3) is 0 Å². The SMILES string of the molecule is CSc1ccc(C2CC(=O)Nc3c(-c4cccc(F)c4)csc32)cc1. The van der Waals surface area contributed by atoms with Gasteiger partial charge in [-0.3, -0.25) is 4.79 Å². The Balaban J connectivity index is 1.78. The number of thioether (sulfide) groups is 1. The van der Waals surface area contributed by atoms with Crippen LogP contribution < -0.4 is 5.32 Å². The fourth-order valence-electron chi connectivity index (χ4n) is 3.20. The Morgan fingerprint density at radius 2 is 2.00 bits per heavy atom. The first kappa shape index (κ1) is 16.4. The van der Waals surface area contributed by atoms with Crippen molar-refractivity contribution in [2.45, 2.75) is 17.2 Å². The first-order valence-electron chi connectivity index (χ1n) is 7.97. The molecule has 3 aromatic rings. The quantitative estimate of drug-likeness (QED) is 0.596. The van der Waals surface area contributed by atoms with Crippen LogP contribution in [-0.4, -0.2) is 12.2 Å². The molecule has 0 aliphatic carbocycles. The highest BCUT2D eigenvalue weighted by Gasteiger charge is 2.30. The van der Waals surface area contributed by atoms with E-state index in [1.54, 1.807) is 29.2 Å². The molecule has 0 bridgehead atoms. The van der Waals surface area contributed by atoms with Gasteiger partial charge in [-0.05, 0) is 41.6 Å². The van der Waals surface area contributed by atoms with Crippen molar-refractivity contribution < 1.29 is 9.18 Å². The minimum atomic E-state index is -0.274. The number of benzene rings is 2. The molecule has 1 amide bonds. The average Bonchev–Trinajstić information content (AvgIpc) is 3.05. The normalized spacial score (nSPS) is 16.4. The third kappa shape index (κ3) is 3.10. The predicted octanol–water partition coefficient (Wildman–Crippen LogP) is 5.75. The van der Waals surface area contributed by atoms with E-state index in [9.17, 15) is 9.18 Å². The number of anilines is 1. The molecular formula is C20H16FNOS2. The van der Waals surface area contributed by atoms with E-state index < -0.39 is 0 Å². The number of hydrogen-bond acceptors (Lipinski definition) is 3. The monoisotopic (exact) mass is 369 g/mol. The molecule has 25 heavy (non-hydrogen) atoms. The summed E-state index contributed by atoms with van der Waals surface area (Å²) in [6, 6.07) is 14.9. The number of carbonyl (C=O) groups excluding carboxylic acids is 1. The van der Waals surface area contributed by atoms with E-state index in [2.05, 4.69) is 29.6 Å². The second kappa shape index (κ2) is 6.65. The molecule has 4 rings (SSSR count). The smallest absolute Gasteiger partial charge is 0.225 e. The Labute approximate surface area is 154 Å². The van der Waals surface area contributed by atoms with E-state index >= 15 is 0 Å². The number of fused-ring (bicyclic) bond motifs is 1. The fourth-order valence-corrected chi connectivity index (χ4v) is 4.77. The van der Waals surface area contributed by atoms with Gasteiger partial charge in [-0.1, -0.05) is 24.3 Å². The molecule has 2 aromatic carbocycles. The van der Waals surface area contributed by atoms with Crippen LogP contribution in [0.4, 0.5) is 10.1 Å². The molecule has 1 unspecified atom stereocenters. The molecule has 0 saturated heterocycles. The molecule has 1 aromatic heterocycles. The molecular weight excluding hydrogens is 353 g/mol. The number of rotatable bonds is 3. The van der Waals surface area contributed by atoms with Crippen LogP contribution in [0.15, 0.2) is 58.8 Å². The van der Waals surface area contributed by atoms with Gasteiger partial charge in [0.15, 0.2) is 0 Å². The van der Waals surface area contributed by atoms with Gasteiger partial charge in [-0.2, -0.15) is 0 Å². The largest absolute Gasteiger partial charge is 0.325 e. The minimum Gasteiger partial charge on any atom is -0.325 e. The van der Waals surface area contributed by atoms with Gasteiger partial charge < -0.3 is 5.32 Å². The molecule has 0 fully saturated rings. The summed E-state index contributed by atoms with van der Waals surface area (Å²) in [5.74, 6) is -0.224. The maximum Gasteiger partial charge on any atom is 0.225 e. The summed E-state index contributed by atoms with van der Waals surface area (Å²) in [6.45, 7) is 0. The maximum absolute atomic E-state index is 13.6. The van der Waals surface area contributed by atoms with Crippen molar-refractivity contribution in [1.29, 1.82) is 0 Å². The van der Waals surface area contributed by atoms with E-state index in [1.165, 1.54) is 17.0 Å². The van der Waals surface area contributed by atoms with Crippen LogP contribution in [0.25, 0.3) is 11.1 Å². The zero-order chi connectivity index (χ0) is 17.4. The third-order valence-electron chi connectivity index (χ3n) is 4.44. The van der Waals surface area contributed by atoms with Crippen molar-refractivity contribution in [2.24, 2.45) is 0 Å². The van der Waals surface area contributed by atoms with Gasteiger partial charge >= 0.3 is 0 Å². The Hall–Kier alpha value is -2.11. The second-order valence-corrected chi connectivity index (χ2v) is 7.77. The molecule has 1 N–H and O–H groups in total. The van der Waals surface area contributed by atoms with Gasteiger partial charge in [-0.15, -0.1) is 23.1 Å². The molecule has 2 nitrogen and oxygen atoms in total. The van der Waals surface area contributed by atoms with E-state index in [4.69, 9.17) is 0 Å². The number of halogens is 1. The third-order valence-corrected chi connectivity index (χ3v) is 6.28. The lowest BCUT2D eigenvalue weighted by Gasteiger charge is -2.24. The Bertz CT molecular complexity index is 933. The summed E-state index contributed by atoms with van der Waals surface area (Å²) in [5, 5.41) is 5.00. The summed E-state index contributed by atoms with van der Waals surface area (Å²) in [7, 11) is 0. The fraction of sp³-hybridized carbons (Fsp3) is 0.150. The van der Waals surface area contributed by atoms with Crippen molar-refractivity contribution in [2.75, 3.05) is 11.6 Å². The van der Waals surface area contributed by atoms with Crippen LogP contribution in [0, 0.1) is 5.82 Å². The van der Waals surface area contributed by atoms with E-state index in [0.717, 1.165) is 27.3 Å². The standard InChI is InChI=1S/C20H16FNOS2/c1-24-15-7-5-12(6-8-15)16-10-18(23)22-19-17(11-25-20(16)19)13-3-2-4-14(21)9-13/h2-9,11,16H,10H2,1H3,(H,22,23). The molecule has 1 aliphatic heterocycles. The van der Waals surface area contributed by atoms with Crippen LogP contribution in [0.2, 0.25) is 0 Å². The molecule has 2 heterocycles. The van der Waals surface area contributed by atoms with Crippen LogP contribution in [0.1, 0.15) is 22.8 Å². The average molecular weight is 369 g/mol. The van der Waals surface area contributed by atoms with E-state index in [1.807, 2.05) is 17.7 Å². The predicted molar refractivity (Wildman–Crippen MR) is 103 cm³/mol. The first-order valence-corrected chi connectivity index (χ1v) is 10.1. The van der Waals surface area contributed by atoms with Gasteiger partial charge in [0.05, 0.1) is 5.69 Å². The van der Waals surface area contributed by atoms with Crippen molar-refractivity contribution in [3.8, 4) is 11.1 Å². The summed E-state index contributed by atoms with van der Waals surface area (Å²) in [6.07, 6.45) is 2.49. The molecule has 1 aliphatic rings. The summed E-state index contributed by atoms with van der Waals surface area (Å²) in [4.78, 5) is 14.6. The minimum absolute atomic E-state index is 0.00231. The molecule has 0 saturated carbocycles. The Morgan fingerprint density at radius 3 is 2.72 bits per heavy atom. The van der Waals surface area contributed by atoms with Crippen molar-refractivity contribution in [3.63, 3.8) is 0 Å². The van der Waals surface area contributed by atoms with Gasteiger partial charge in [-0.25, -0.2) is 4.39 Å². The highest BCUT2D eigenvalue weighted by atomic mass is 32.2. The van der Waals surface area contributed by atoms with Gasteiger partial charge in [0.2, 0.25) is 5.91 Å². The van der Waals surface area contributed by atoms with Gasteiger partial charge in [0, 0.05) is 33.1 Å². The van der Waals surface area contributed by atoms with Crippen molar-refractivity contribution in [3.05, 3.63) is 70.2 Å². The zero-order valence-corrected chi connectivity index (χ0v) is 15.2. The number of carbonyl (C=O) groups is 1. The Kier molecular flexibility index (Phi) is 4.36. The summed E-state index contributed by atoms with van der Waals surface area (Å²) < 4.78 is 13.6. The van der Waals surface area contributed by atoms with Gasteiger partial charge in [0.1, 0.15) is 5.82 Å². The topological polar surface area (TPSA) is 29.1 Å². The van der Waals surface area contributed by atoms with Crippen molar-refractivity contribution >= 4 is 34.7 Å². The number of amides is 1. The van der Waals surface area contributed by atoms with E-state index in [0.29, 0.717) is 6.42 Å². The van der Waals surface area contributed by atoms with Crippen LogP contribution >= 0.6 is 23.1 Å². The first-order chi connectivity index (χ1) is 12.2. The van der Waals surface area contributed by atoms with E-state index in [-0.39, 0.29) is 17.6 Å². The number of thiophene rings is 1. The van der Waals surface area contributed by atoms with Crippen molar-refractivity contribution in [1.82, 2.24) is 0 Å². The van der Waals surface area contributed by atoms with Crippen LogP contribution in [0.5, 0.6) is 0 Å². The highest BCUT2D eigenvalue weighted by molar-refractivity contribution is 7.98. The second-order valence-electron chi connectivity index (χ2n) is 5.98. The molecule has 0 spiro atoms. The molecule has 0 radical (unpaired) electrons. The maximum atomic E-state index is 13.6.